The summed E-state index contributed by atoms with van der Waals surface area (Å²) in [6.07, 6.45) is 0. The highest BCUT2D eigenvalue weighted by molar-refractivity contribution is 9.10. The van der Waals surface area contributed by atoms with Crippen LogP contribution in [0.15, 0.2) is 40.9 Å². The van der Waals surface area contributed by atoms with Gasteiger partial charge in [0.15, 0.2) is 11.5 Å². The standard InChI is InChI=1S/C15H11BrN2O2/c16-12-5-10(6-14-15(12)20-9-19-14)8-18-13-4-2-1-3-11(13)7-17/h1-6,18H,8-9H2. The molecule has 0 bridgehead atoms. The molecule has 4 nitrogen and oxygen atoms in total. The number of nitrogens with one attached hydrogen (secondary N) is 1. The van der Waals surface area contributed by atoms with Gasteiger partial charge in [0.1, 0.15) is 6.07 Å². The van der Waals surface area contributed by atoms with Crippen molar-refractivity contribution in [3.05, 3.63) is 52.0 Å². The van der Waals surface area contributed by atoms with Crippen molar-refractivity contribution >= 4 is 21.6 Å². The van der Waals surface area contributed by atoms with Crippen LogP contribution in [0.1, 0.15) is 11.1 Å². The Hall–Kier alpha value is -2.19. The lowest BCUT2D eigenvalue weighted by Crippen LogP contribution is -2.01. The van der Waals surface area contributed by atoms with Crippen molar-refractivity contribution < 1.29 is 9.47 Å². The van der Waals surface area contributed by atoms with Crippen LogP contribution in [-0.4, -0.2) is 6.79 Å². The summed E-state index contributed by atoms with van der Waals surface area (Å²) in [5, 5.41) is 12.3. The zero-order valence-electron chi connectivity index (χ0n) is 10.5. The fourth-order valence-electron chi connectivity index (χ4n) is 2.05. The van der Waals surface area contributed by atoms with E-state index >= 15 is 0 Å². The molecule has 20 heavy (non-hydrogen) atoms. The van der Waals surface area contributed by atoms with Crippen LogP contribution in [0.5, 0.6) is 11.5 Å². The molecule has 0 atom stereocenters. The predicted molar refractivity (Wildman–Crippen MR) is 78.7 cm³/mol. The van der Waals surface area contributed by atoms with Gasteiger partial charge < -0.3 is 14.8 Å². The Kier molecular flexibility index (Phi) is 3.48. The Bertz CT molecular complexity index is 695. The number of nitrogens with zero attached hydrogens (tertiary/aromatic N) is 1. The first-order chi connectivity index (χ1) is 9.78. The first kappa shape index (κ1) is 12.8. The van der Waals surface area contributed by atoms with Crippen LogP contribution in [0.2, 0.25) is 0 Å². The molecule has 100 valence electrons. The molecule has 2 aromatic carbocycles. The van der Waals surface area contributed by atoms with Gasteiger partial charge in [-0.1, -0.05) is 12.1 Å². The maximum absolute atomic E-state index is 9.05. The highest BCUT2D eigenvalue weighted by atomic mass is 79.9. The van der Waals surface area contributed by atoms with E-state index in [1.165, 1.54) is 0 Å². The highest BCUT2D eigenvalue weighted by Crippen LogP contribution is 2.40. The Balaban J connectivity index is 1.79. The van der Waals surface area contributed by atoms with Crippen LogP contribution in [0.4, 0.5) is 5.69 Å². The first-order valence-electron chi connectivity index (χ1n) is 6.09. The van der Waals surface area contributed by atoms with E-state index in [9.17, 15) is 0 Å². The second-order valence-electron chi connectivity index (χ2n) is 4.32. The fraction of sp³-hybridized carbons (Fsp3) is 0.133. The molecule has 5 heteroatoms. The lowest BCUT2D eigenvalue weighted by atomic mass is 10.1. The summed E-state index contributed by atoms with van der Waals surface area (Å²) in [7, 11) is 0. The quantitative estimate of drug-likeness (QED) is 0.933. The summed E-state index contributed by atoms with van der Waals surface area (Å²) >= 11 is 3.47. The van der Waals surface area contributed by atoms with Crippen LogP contribution in [0.25, 0.3) is 0 Å². The summed E-state index contributed by atoms with van der Waals surface area (Å²) in [4.78, 5) is 0. The average Bonchev–Trinajstić information content (AvgIpc) is 2.94. The zero-order chi connectivity index (χ0) is 13.9. The average molecular weight is 331 g/mol. The molecule has 0 amide bonds. The number of hydrogen-bond acceptors (Lipinski definition) is 4. The third kappa shape index (κ3) is 2.43. The predicted octanol–water partition coefficient (Wildman–Crippen LogP) is 3.66. The lowest BCUT2D eigenvalue weighted by molar-refractivity contribution is 0.173. The molecule has 0 unspecified atom stereocenters. The summed E-state index contributed by atoms with van der Waals surface area (Å²) < 4.78 is 11.6. The van der Waals surface area contributed by atoms with Crippen molar-refractivity contribution in [3.8, 4) is 17.6 Å². The molecule has 0 radical (unpaired) electrons. The Morgan fingerprint density at radius 2 is 2.10 bits per heavy atom. The number of benzene rings is 2. The Morgan fingerprint density at radius 1 is 1.25 bits per heavy atom. The lowest BCUT2D eigenvalue weighted by Gasteiger charge is -2.09. The number of ether oxygens (including phenoxy) is 2. The minimum absolute atomic E-state index is 0.252. The van der Waals surface area contributed by atoms with Crippen LogP contribution in [0, 0.1) is 11.3 Å². The maximum atomic E-state index is 9.05. The monoisotopic (exact) mass is 330 g/mol. The number of para-hydroxylation sites is 1. The van der Waals surface area contributed by atoms with Crippen molar-refractivity contribution in [2.45, 2.75) is 6.54 Å². The number of hydrogen-bond donors (Lipinski definition) is 1. The first-order valence-corrected chi connectivity index (χ1v) is 6.88. The maximum Gasteiger partial charge on any atom is 0.231 e. The molecular formula is C15H11BrN2O2. The van der Waals surface area contributed by atoms with Crippen LogP contribution in [-0.2, 0) is 6.54 Å². The van der Waals surface area contributed by atoms with Gasteiger partial charge in [0, 0.05) is 6.54 Å². The van der Waals surface area contributed by atoms with Gasteiger partial charge in [-0.3, -0.25) is 0 Å². The number of rotatable bonds is 3. The number of nitriles is 1. The molecular weight excluding hydrogens is 320 g/mol. The van der Waals surface area contributed by atoms with Crippen molar-refractivity contribution in [3.63, 3.8) is 0 Å². The molecule has 0 saturated carbocycles. The van der Waals surface area contributed by atoms with Crippen molar-refractivity contribution in [2.75, 3.05) is 12.1 Å². The molecule has 1 aliphatic rings. The normalized spacial score (nSPS) is 12.0. The van der Waals surface area contributed by atoms with E-state index in [0.29, 0.717) is 12.1 Å². The summed E-state index contributed by atoms with van der Waals surface area (Å²) in [5.74, 6) is 1.48. The van der Waals surface area contributed by atoms with Gasteiger partial charge in [-0.15, -0.1) is 0 Å². The van der Waals surface area contributed by atoms with Crippen molar-refractivity contribution in [2.24, 2.45) is 0 Å². The molecule has 0 saturated heterocycles. The van der Waals surface area contributed by atoms with Gasteiger partial charge in [-0.2, -0.15) is 5.26 Å². The largest absolute Gasteiger partial charge is 0.454 e. The molecule has 3 rings (SSSR count). The minimum Gasteiger partial charge on any atom is -0.454 e. The van der Waals surface area contributed by atoms with Crippen LogP contribution < -0.4 is 14.8 Å². The zero-order valence-corrected chi connectivity index (χ0v) is 12.1. The summed E-state index contributed by atoms with van der Waals surface area (Å²) in [5.41, 5.74) is 2.50. The fourth-order valence-corrected chi connectivity index (χ4v) is 2.66. The van der Waals surface area contributed by atoms with E-state index in [2.05, 4.69) is 27.3 Å². The van der Waals surface area contributed by atoms with Gasteiger partial charge in [0.2, 0.25) is 6.79 Å². The number of halogens is 1. The van der Waals surface area contributed by atoms with Crippen LogP contribution in [0.3, 0.4) is 0 Å². The Labute approximate surface area is 125 Å². The van der Waals surface area contributed by atoms with Gasteiger partial charge in [0.25, 0.3) is 0 Å². The molecule has 0 fully saturated rings. The van der Waals surface area contributed by atoms with E-state index in [4.69, 9.17) is 14.7 Å². The highest BCUT2D eigenvalue weighted by Gasteiger charge is 2.17. The van der Waals surface area contributed by atoms with Gasteiger partial charge in [0.05, 0.1) is 15.7 Å². The molecule has 0 aromatic heterocycles. The van der Waals surface area contributed by atoms with E-state index in [0.717, 1.165) is 27.2 Å². The number of fused-ring (bicyclic) bond motifs is 1. The van der Waals surface area contributed by atoms with E-state index in [1.807, 2.05) is 30.3 Å². The Morgan fingerprint density at radius 3 is 2.95 bits per heavy atom. The smallest absolute Gasteiger partial charge is 0.231 e. The van der Waals surface area contributed by atoms with Crippen molar-refractivity contribution in [1.29, 1.82) is 5.26 Å². The third-order valence-electron chi connectivity index (χ3n) is 3.02. The molecule has 1 aliphatic heterocycles. The molecule has 2 aromatic rings. The van der Waals surface area contributed by atoms with Gasteiger partial charge in [-0.25, -0.2) is 0 Å². The summed E-state index contributed by atoms with van der Waals surface area (Å²) in [6, 6.07) is 13.5. The second kappa shape index (κ2) is 5.43. The topological polar surface area (TPSA) is 54.3 Å². The molecule has 0 spiro atoms. The molecule has 0 aliphatic carbocycles. The second-order valence-corrected chi connectivity index (χ2v) is 5.18. The third-order valence-corrected chi connectivity index (χ3v) is 3.61. The van der Waals surface area contributed by atoms with E-state index in [1.54, 1.807) is 6.07 Å². The SMILES string of the molecule is N#Cc1ccccc1NCc1cc(Br)c2c(c1)OCO2. The van der Waals surface area contributed by atoms with Gasteiger partial charge in [-0.05, 0) is 45.8 Å². The van der Waals surface area contributed by atoms with E-state index < -0.39 is 0 Å². The van der Waals surface area contributed by atoms with Crippen molar-refractivity contribution in [1.82, 2.24) is 0 Å². The van der Waals surface area contributed by atoms with E-state index in [-0.39, 0.29) is 6.79 Å². The van der Waals surface area contributed by atoms with Gasteiger partial charge >= 0.3 is 0 Å². The minimum atomic E-state index is 0.252. The van der Waals surface area contributed by atoms with Crippen LogP contribution >= 0.6 is 15.9 Å². The molecule has 1 heterocycles. The molecule has 1 N–H and O–H groups in total. The summed E-state index contributed by atoms with van der Waals surface area (Å²) in [6.45, 7) is 0.857. The number of anilines is 1.